The lowest BCUT2D eigenvalue weighted by atomic mass is 10.0. The number of thioether (sulfide) groups is 1. The molecular weight excluding hydrogens is 402 g/mol. The second-order valence-electron chi connectivity index (χ2n) is 7.30. The van der Waals surface area contributed by atoms with Gasteiger partial charge in [0.15, 0.2) is 0 Å². The summed E-state index contributed by atoms with van der Waals surface area (Å²) in [5.41, 5.74) is 0. The van der Waals surface area contributed by atoms with Crippen LogP contribution in [-0.4, -0.2) is 80.9 Å². The van der Waals surface area contributed by atoms with Crippen molar-refractivity contribution in [3.63, 3.8) is 0 Å². The predicted octanol–water partition coefficient (Wildman–Crippen LogP) is 0.449. The Hall–Kier alpha value is -2.30. The molecule has 2 aliphatic rings. The zero-order chi connectivity index (χ0) is 21.4. The van der Waals surface area contributed by atoms with E-state index in [0.717, 1.165) is 29.9 Å². The molecule has 0 aromatic heterocycles. The zero-order valence-corrected chi connectivity index (χ0v) is 16.9. The molecule has 10 nitrogen and oxygen atoms in total. The van der Waals surface area contributed by atoms with Crippen molar-refractivity contribution in [1.82, 2.24) is 15.5 Å². The number of carboxylic acid groups (broad SMARTS) is 2. The van der Waals surface area contributed by atoms with Gasteiger partial charge in [0.1, 0.15) is 18.9 Å². The fraction of sp³-hybridized carbons (Fsp3) is 0.722. The van der Waals surface area contributed by atoms with Crippen LogP contribution in [0.4, 0.5) is 4.79 Å². The van der Waals surface area contributed by atoms with Gasteiger partial charge in [-0.1, -0.05) is 6.42 Å². The fourth-order valence-corrected chi connectivity index (χ4v) is 5.13. The normalized spacial score (nSPS) is 22.5. The van der Waals surface area contributed by atoms with E-state index in [1.54, 1.807) is 0 Å². The molecule has 162 valence electrons. The molecule has 2 fully saturated rings. The summed E-state index contributed by atoms with van der Waals surface area (Å²) in [6.07, 6.45) is 3.40. The van der Waals surface area contributed by atoms with Gasteiger partial charge < -0.3 is 25.7 Å². The van der Waals surface area contributed by atoms with E-state index in [0.29, 0.717) is 11.7 Å². The van der Waals surface area contributed by atoms with E-state index in [2.05, 4.69) is 10.6 Å². The van der Waals surface area contributed by atoms with Crippen LogP contribution in [0, 0.1) is 0 Å². The van der Waals surface area contributed by atoms with Crippen LogP contribution in [0.5, 0.6) is 0 Å². The van der Waals surface area contributed by atoms with Crippen molar-refractivity contribution in [3.05, 3.63) is 0 Å². The van der Waals surface area contributed by atoms with Gasteiger partial charge >= 0.3 is 18.0 Å². The number of nitrogens with one attached hydrogen (secondary N) is 2. The number of hydrogen-bond acceptors (Lipinski definition) is 6. The third-order valence-corrected chi connectivity index (χ3v) is 6.49. The summed E-state index contributed by atoms with van der Waals surface area (Å²) in [5.74, 6) is -2.20. The standard InChI is InChI=1S/C18H27N3O7S/c22-11(5-3-7-14(23)21(8-15(24)25)9-16(26)27)4-1-2-6-13-17-12(10-29-13)19-18(28)20-17/h12-13,17H,1-10H2,(H,24,25)(H,26,27)(H2,19,20,28). The van der Waals surface area contributed by atoms with Gasteiger partial charge in [0.05, 0.1) is 12.1 Å². The van der Waals surface area contributed by atoms with E-state index in [1.807, 2.05) is 11.8 Å². The van der Waals surface area contributed by atoms with Crippen molar-refractivity contribution in [2.24, 2.45) is 0 Å². The maximum atomic E-state index is 12.0. The molecule has 3 amide bonds. The molecule has 0 radical (unpaired) electrons. The highest BCUT2D eigenvalue weighted by molar-refractivity contribution is 8.00. The Morgan fingerprint density at radius 3 is 2.28 bits per heavy atom. The third kappa shape index (κ3) is 7.56. The highest BCUT2D eigenvalue weighted by atomic mass is 32.2. The van der Waals surface area contributed by atoms with Crippen molar-refractivity contribution < 1.29 is 34.2 Å². The van der Waals surface area contributed by atoms with Crippen molar-refractivity contribution in [3.8, 4) is 0 Å². The predicted molar refractivity (Wildman–Crippen MR) is 105 cm³/mol. The number of amides is 3. The Labute approximate surface area is 172 Å². The number of carboxylic acids is 2. The van der Waals surface area contributed by atoms with Crippen molar-refractivity contribution in [1.29, 1.82) is 0 Å². The molecule has 0 aliphatic carbocycles. The minimum Gasteiger partial charge on any atom is -0.480 e. The number of fused-ring (bicyclic) bond motifs is 1. The van der Waals surface area contributed by atoms with Crippen molar-refractivity contribution in [2.75, 3.05) is 18.8 Å². The maximum Gasteiger partial charge on any atom is 0.323 e. The highest BCUT2D eigenvalue weighted by Gasteiger charge is 2.42. The molecule has 0 aromatic carbocycles. The molecular formula is C18H27N3O7S. The molecule has 3 unspecified atom stereocenters. The summed E-state index contributed by atoms with van der Waals surface area (Å²) in [5, 5.41) is 23.7. The molecule has 2 heterocycles. The summed E-state index contributed by atoms with van der Waals surface area (Å²) < 4.78 is 0. The van der Waals surface area contributed by atoms with E-state index >= 15 is 0 Å². The molecule has 2 aliphatic heterocycles. The van der Waals surface area contributed by atoms with Crippen LogP contribution >= 0.6 is 11.8 Å². The molecule has 2 rings (SSSR count). The van der Waals surface area contributed by atoms with E-state index in [1.165, 1.54) is 0 Å². The van der Waals surface area contributed by atoms with Gasteiger partial charge in [-0.2, -0.15) is 11.8 Å². The molecule has 0 aromatic rings. The van der Waals surface area contributed by atoms with Crippen LogP contribution in [-0.2, 0) is 19.2 Å². The lowest BCUT2D eigenvalue weighted by molar-refractivity contribution is -0.149. The summed E-state index contributed by atoms with van der Waals surface area (Å²) in [7, 11) is 0. The summed E-state index contributed by atoms with van der Waals surface area (Å²) >= 11 is 1.84. The third-order valence-electron chi connectivity index (χ3n) is 4.98. The number of ketones is 1. The largest absolute Gasteiger partial charge is 0.480 e. The highest BCUT2D eigenvalue weighted by Crippen LogP contribution is 2.33. The van der Waals surface area contributed by atoms with Crippen LogP contribution < -0.4 is 10.6 Å². The minimum atomic E-state index is -1.28. The quantitative estimate of drug-likeness (QED) is 0.243. The van der Waals surface area contributed by atoms with E-state index in [9.17, 15) is 24.0 Å². The van der Waals surface area contributed by atoms with Crippen LogP contribution in [0.2, 0.25) is 0 Å². The van der Waals surface area contributed by atoms with Gasteiger partial charge in [0.25, 0.3) is 0 Å². The number of carbonyl (C=O) groups excluding carboxylic acids is 3. The Morgan fingerprint density at radius 2 is 1.62 bits per heavy atom. The number of carbonyl (C=O) groups is 5. The van der Waals surface area contributed by atoms with E-state index < -0.39 is 30.9 Å². The van der Waals surface area contributed by atoms with Gasteiger partial charge in [0.2, 0.25) is 5.91 Å². The number of aliphatic carboxylic acids is 2. The number of nitrogens with zero attached hydrogens (tertiary/aromatic N) is 1. The monoisotopic (exact) mass is 429 g/mol. The van der Waals surface area contributed by atoms with E-state index in [-0.39, 0.29) is 43.2 Å². The zero-order valence-electron chi connectivity index (χ0n) is 16.1. The summed E-state index contributed by atoms with van der Waals surface area (Å²) in [6, 6.07) is 0.243. The molecule has 0 saturated carbocycles. The first-order chi connectivity index (χ1) is 13.8. The molecule has 11 heteroatoms. The van der Waals surface area contributed by atoms with Crippen molar-refractivity contribution >= 4 is 41.4 Å². The fourth-order valence-electron chi connectivity index (χ4n) is 3.59. The smallest absolute Gasteiger partial charge is 0.323 e. The van der Waals surface area contributed by atoms with Gasteiger partial charge in [0, 0.05) is 30.3 Å². The van der Waals surface area contributed by atoms with Crippen LogP contribution in [0.3, 0.4) is 0 Å². The van der Waals surface area contributed by atoms with Gasteiger partial charge in [-0.25, -0.2) is 4.79 Å². The first-order valence-corrected chi connectivity index (χ1v) is 10.7. The van der Waals surface area contributed by atoms with Gasteiger partial charge in [-0.05, 0) is 19.3 Å². The Kier molecular flexibility index (Phi) is 8.74. The number of rotatable bonds is 13. The second kappa shape index (κ2) is 11.0. The Balaban J connectivity index is 1.58. The van der Waals surface area contributed by atoms with Crippen LogP contribution in [0.15, 0.2) is 0 Å². The van der Waals surface area contributed by atoms with Crippen LogP contribution in [0.25, 0.3) is 0 Å². The SMILES string of the molecule is O=C(O)CN(CC(=O)O)C(=O)CCCC(=O)CCCCC1SCC2NC(=O)NC21. The lowest BCUT2D eigenvalue weighted by Gasteiger charge is -2.18. The lowest BCUT2D eigenvalue weighted by Crippen LogP contribution is -2.39. The molecule has 4 N–H and O–H groups in total. The number of hydrogen-bond donors (Lipinski definition) is 4. The molecule has 0 bridgehead atoms. The van der Waals surface area contributed by atoms with Crippen LogP contribution in [0.1, 0.15) is 44.9 Å². The Bertz CT molecular complexity index is 641. The summed E-state index contributed by atoms with van der Waals surface area (Å²) in [4.78, 5) is 57.5. The number of urea groups is 1. The topological polar surface area (TPSA) is 153 Å². The number of Topliss-reactive ketones (excluding diaryl/α,β-unsaturated/α-hetero) is 1. The van der Waals surface area contributed by atoms with Gasteiger partial charge in [-0.15, -0.1) is 0 Å². The number of unbranched alkanes of at least 4 members (excludes halogenated alkanes) is 1. The molecule has 2 saturated heterocycles. The summed E-state index contributed by atoms with van der Waals surface area (Å²) in [6.45, 7) is -1.34. The Morgan fingerprint density at radius 1 is 0.966 bits per heavy atom. The average Bonchev–Trinajstić information content (AvgIpc) is 3.16. The molecule has 3 atom stereocenters. The minimum absolute atomic E-state index is 0.0357. The molecule has 0 spiro atoms. The van der Waals surface area contributed by atoms with Crippen molar-refractivity contribution in [2.45, 2.75) is 62.3 Å². The molecule has 29 heavy (non-hydrogen) atoms. The average molecular weight is 429 g/mol. The first-order valence-electron chi connectivity index (χ1n) is 9.68. The van der Waals surface area contributed by atoms with E-state index in [4.69, 9.17) is 10.2 Å². The first kappa shape index (κ1) is 23.0. The maximum absolute atomic E-state index is 12.0. The second-order valence-corrected chi connectivity index (χ2v) is 8.57. The van der Waals surface area contributed by atoms with Gasteiger partial charge in [-0.3, -0.25) is 19.2 Å².